The van der Waals surface area contributed by atoms with E-state index >= 15 is 0 Å². The summed E-state index contributed by atoms with van der Waals surface area (Å²) in [6, 6.07) is 0. The summed E-state index contributed by atoms with van der Waals surface area (Å²) < 4.78 is 51.8. The van der Waals surface area contributed by atoms with Gasteiger partial charge in [0.05, 0.1) is 92.5 Å². The minimum absolute atomic E-state index is 0.211. The second kappa shape index (κ2) is 33.8. The molecular formula is C28H60N2O9. The van der Waals surface area contributed by atoms with E-state index in [0.29, 0.717) is 92.5 Å². The summed E-state index contributed by atoms with van der Waals surface area (Å²) in [6.07, 6.45) is 3.91. The summed E-state index contributed by atoms with van der Waals surface area (Å²) in [5, 5.41) is 6.10. The standard InChI is InChI=1S/C28H60N2O9/c1-5-7-11-31-19-21-38-27(23-35-17-15-33-13-9-29-3)25-37-26-28(39-22-20-32-12-8-6-2)24-36-18-16-34-14-10-30-4/h27-30H,5-26H2,1-4H3. The number of hydrogen-bond acceptors (Lipinski definition) is 11. The van der Waals surface area contributed by atoms with Gasteiger partial charge < -0.3 is 53.3 Å². The summed E-state index contributed by atoms with van der Waals surface area (Å²) in [7, 11) is 3.80. The zero-order chi connectivity index (χ0) is 28.5. The number of ether oxygens (including phenoxy) is 9. The van der Waals surface area contributed by atoms with Crippen LogP contribution in [0.2, 0.25) is 0 Å². The van der Waals surface area contributed by atoms with E-state index in [1.54, 1.807) is 0 Å². The van der Waals surface area contributed by atoms with Gasteiger partial charge in [-0.1, -0.05) is 26.7 Å². The Morgan fingerprint density at radius 2 is 0.769 bits per heavy atom. The number of unbranched alkanes of at least 4 members (excludes halogenated alkanes) is 2. The van der Waals surface area contributed by atoms with Crippen molar-refractivity contribution in [1.82, 2.24) is 10.6 Å². The lowest BCUT2D eigenvalue weighted by molar-refractivity contribution is -0.108. The zero-order valence-corrected chi connectivity index (χ0v) is 25.4. The van der Waals surface area contributed by atoms with Gasteiger partial charge >= 0.3 is 0 Å². The van der Waals surface area contributed by atoms with Crippen LogP contribution in [0.15, 0.2) is 0 Å². The molecule has 0 spiro atoms. The van der Waals surface area contributed by atoms with Crippen LogP contribution < -0.4 is 10.6 Å². The third-order valence-electron chi connectivity index (χ3n) is 5.40. The molecule has 0 aliphatic rings. The smallest absolute Gasteiger partial charge is 0.104 e. The van der Waals surface area contributed by atoms with Gasteiger partial charge in [0.15, 0.2) is 0 Å². The Bertz CT molecular complexity index is 415. The van der Waals surface area contributed by atoms with Crippen LogP contribution in [0.3, 0.4) is 0 Å². The van der Waals surface area contributed by atoms with Crippen molar-refractivity contribution in [3.8, 4) is 0 Å². The molecule has 0 saturated carbocycles. The fourth-order valence-corrected chi connectivity index (χ4v) is 3.08. The average Bonchev–Trinajstić information content (AvgIpc) is 2.94. The molecule has 0 aromatic rings. The fraction of sp³-hybridized carbons (Fsp3) is 1.00. The van der Waals surface area contributed by atoms with Gasteiger partial charge in [-0.25, -0.2) is 0 Å². The van der Waals surface area contributed by atoms with E-state index in [4.69, 9.17) is 42.6 Å². The van der Waals surface area contributed by atoms with Gasteiger partial charge in [0.2, 0.25) is 0 Å². The summed E-state index contributed by atoms with van der Waals surface area (Å²) in [6.45, 7) is 14.5. The molecule has 2 N–H and O–H groups in total. The van der Waals surface area contributed by atoms with Crippen molar-refractivity contribution >= 4 is 0 Å². The van der Waals surface area contributed by atoms with Crippen LogP contribution in [-0.2, 0) is 42.6 Å². The largest absolute Gasteiger partial charge is 0.379 e. The highest BCUT2D eigenvalue weighted by molar-refractivity contribution is 4.60. The molecule has 2 atom stereocenters. The Labute approximate surface area is 238 Å². The first-order chi connectivity index (χ1) is 19.3. The first-order valence-electron chi connectivity index (χ1n) is 14.8. The summed E-state index contributed by atoms with van der Waals surface area (Å²) in [5.41, 5.74) is 0. The van der Waals surface area contributed by atoms with Crippen LogP contribution in [-0.4, -0.2) is 145 Å². The maximum Gasteiger partial charge on any atom is 0.104 e. The number of hydrogen-bond donors (Lipinski definition) is 2. The molecular weight excluding hydrogens is 508 g/mol. The highest BCUT2D eigenvalue weighted by atomic mass is 16.6. The second-order valence-corrected chi connectivity index (χ2v) is 9.04. The van der Waals surface area contributed by atoms with Crippen LogP contribution in [0, 0.1) is 0 Å². The normalized spacial score (nSPS) is 13.2. The van der Waals surface area contributed by atoms with E-state index in [1.807, 2.05) is 14.1 Å². The van der Waals surface area contributed by atoms with Crippen molar-refractivity contribution < 1.29 is 42.6 Å². The number of nitrogens with one attached hydrogen (secondary N) is 2. The predicted octanol–water partition coefficient (Wildman–Crippen LogP) is 1.91. The van der Waals surface area contributed by atoms with Crippen molar-refractivity contribution in [1.29, 1.82) is 0 Å². The molecule has 0 aliphatic heterocycles. The summed E-state index contributed by atoms with van der Waals surface area (Å²) >= 11 is 0. The molecule has 0 heterocycles. The van der Waals surface area contributed by atoms with Crippen LogP contribution >= 0.6 is 0 Å². The van der Waals surface area contributed by atoms with Gasteiger partial charge in [-0.15, -0.1) is 0 Å². The van der Waals surface area contributed by atoms with Crippen molar-refractivity contribution in [3.05, 3.63) is 0 Å². The average molecular weight is 569 g/mol. The van der Waals surface area contributed by atoms with Crippen LogP contribution in [0.5, 0.6) is 0 Å². The zero-order valence-electron chi connectivity index (χ0n) is 25.4. The lowest BCUT2D eigenvalue weighted by atomic mass is 10.3. The van der Waals surface area contributed by atoms with Gasteiger partial charge in [-0.2, -0.15) is 0 Å². The van der Waals surface area contributed by atoms with E-state index in [-0.39, 0.29) is 12.2 Å². The van der Waals surface area contributed by atoms with Crippen molar-refractivity contribution in [2.75, 3.05) is 133 Å². The molecule has 236 valence electrons. The molecule has 0 fully saturated rings. The number of likely N-dealkylation sites (N-methyl/N-ethyl adjacent to an activating group) is 2. The molecule has 0 radical (unpaired) electrons. The second-order valence-electron chi connectivity index (χ2n) is 9.04. The summed E-state index contributed by atoms with van der Waals surface area (Å²) in [5.74, 6) is 0. The third kappa shape index (κ3) is 30.3. The fourth-order valence-electron chi connectivity index (χ4n) is 3.08. The molecule has 0 bridgehead atoms. The Hall–Kier alpha value is -0.440. The van der Waals surface area contributed by atoms with Crippen LogP contribution in [0.4, 0.5) is 0 Å². The first-order valence-corrected chi connectivity index (χ1v) is 14.8. The maximum atomic E-state index is 6.00. The van der Waals surface area contributed by atoms with Crippen LogP contribution in [0.25, 0.3) is 0 Å². The van der Waals surface area contributed by atoms with E-state index in [9.17, 15) is 0 Å². The van der Waals surface area contributed by atoms with E-state index < -0.39 is 0 Å². The molecule has 2 unspecified atom stereocenters. The monoisotopic (exact) mass is 568 g/mol. The van der Waals surface area contributed by atoms with Crippen molar-refractivity contribution in [3.63, 3.8) is 0 Å². The van der Waals surface area contributed by atoms with Gasteiger partial charge in [0.1, 0.15) is 12.2 Å². The molecule has 0 aromatic heterocycles. The van der Waals surface area contributed by atoms with Crippen molar-refractivity contribution in [2.45, 2.75) is 51.7 Å². The number of rotatable bonds is 34. The van der Waals surface area contributed by atoms with Gasteiger partial charge in [0.25, 0.3) is 0 Å². The topological polar surface area (TPSA) is 107 Å². The molecule has 11 nitrogen and oxygen atoms in total. The van der Waals surface area contributed by atoms with Gasteiger partial charge in [-0.05, 0) is 26.9 Å². The maximum absolute atomic E-state index is 6.00. The van der Waals surface area contributed by atoms with Gasteiger partial charge in [-0.3, -0.25) is 0 Å². The lowest BCUT2D eigenvalue weighted by Gasteiger charge is -2.22. The molecule has 39 heavy (non-hydrogen) atoms. The SMILES string of the molecule is CCCCOCCOC(COCCOCCNC)COCC(COCCOCCNC)OCCOCCCC. The first kappa shape index (κ1) is 38.6. The Balaban J connectivity index is 4.46. The minimum atomic E-state index is -0.211. The third-order valence-corrected chi connectivity index (χ3v) is 5.40. The van der Waals surface area contributed by atoms with E-state index in [1.165, 1.54) is 0 Å². The molecule has 0 rings (SSSR count). The molecule has 0 saturated heterocycles. The highest BCUT2D eigenvalue weighted by Gasteiger charge is 2.15. The Kier molecular flexibility index (Phi) is 33.4. The minimum Gasteiger partial charge on any atom is -0.379 e. The molecule has 11 heteroatoms. The molecule has 0 aliphatic carbocycles. The Morgan fingerprint density at radius 1 is 0.410 bits per heavy atom. The van der Waals surface area contributed by atoms with Gasteiger partial charge in [0, 0.05) is 26.3 Å². The Morgan fingerprint density at radius 3 is 1.18 bits per heavy atom. The summed E-state index contributed by atoms with van der Waals surface area (Å²) in [4.78, 5) is 0. The van der Waals surface area contributed by atoms with Crippen LogP contribution in [0.1, 0.15) is 39.5 Å². The van der Waals surface area contributed by atoms with E-state index in [2.05, 4.69) is 24.5 Å². The predicted molar refractivity (Wildman–Crippen MR) is 153 cm³/mol. The highest BCUT2D eigenvalue weighted by Crippen LogP contribution is 2.02. The van der Waals surface area contributed by atoms with E-state index in [0.717, 1.165) is 52.0 Å². The molecule has 0 aromatic carbocycles. The lowest BCUT2D eigenvalue weighted by Crippen LogP contribution is -2.32. The quantitative estimate of drug-likeness (QED) is 0.111. The molecule has 0 amide bonds. The van der Waals surface area contributed by atoms with Crippen molar-refractivity contribution in [2.24, 2.45) is 0 Å².